The van der Waals surface area contributed by atoms with Crippen molar-refractivity contribution < 1.29 is 4.79 Å². The monoisotopic (exact) mass is 230 g/mol. The van der Waals surface area contributed by atoms with E-state index in [0.717, 1.165) is 11.3 Å². The summed E-state index contributed by atoms with van der Waals surface area (Å²) in [5.74, 6) is 4.67. The molecule has 1 aromatic heterocycles. The van der Waals surface area contributed by atoms with Crippen molar-refractivity contribution in [1.82, 2.24) is 15.6 Å². The number of benzene rings is 1. The highest BCUT2D eigenvalue weighted by Gasteiger charge is 2.09. The number of nitrogens with zero attached hydrogens (tertiary/aromatic N) is 1. The maximum absolute atomic E-state index is 11.3. The van der Waals surface area contributed by atoms with Crippen molar-refractivity contribution in [2.45, 2.75) is 13.8 Å². The van der Waals surface area contributed by atoms with Crippen LogP contribution in [0.2, 0.25) is 0 Å². The van der Waals surface area contributed by atoms with E-state index in [9.17, 15) is 4.79 Å². The molecule has 1 amide bonds. The largest absolute Gasteiger partial charge is 0.289 e. The molecule has 0 atom stereocenters. The quantitative estimate of drug-likeness (QED) is 0.413. The average molecular weight is 230 g/mol. The Balaban J connectivity index is 2.37. The Morgan fingerprint density at radius 2 is 2.06 bits per heavy atom. The third-order valence-electron chi connectivity index (χ3n) is 2.76. The fourth-order valence-electron chi connectivity index (χ4n) is 1.56. The van der Waals surface area contributed by atoms with E-state index in [4.69, 9.17) is 5.84 Å². The van der Waals surface area contributed by atoms with Gasteiger partial charge >= 0.3 is 0 Å². The Labute approximate surface area is 99.0 Å². The zero-order chi connectivity index (χ0) is 12.4. The number of rotatable bonds is 2. The second-order valence-electron chi connectivity index (χ2n) is 3.94. The summed E-state index contributed by atoms with van der Waals surface area (Å²) in [5.41, 5.74) is 6.52. The lowest BCUT2D eigenvalue weighted by atomic mass is 10.0. The minimum Gasteiger partial charge on any atom is -0.289 e. The molecule has 0 aliphatic heterocycles. The molecule has 1 aromatic carbocycles. The second-order valence-corrected chi connectivity index (χ2v) is 3.94. The van der Waals surface area contributed by atoms with Crippen LogP contribution < -0.4 is 11.3 Å². The van der Waals surface area contributed by atoms with E-state index < -0.39 is 0 Å². The van der Waals surface area contributed by atoms with E-state index in [1.54, 1.807) is 6.07 Å². The highest BCUT2D eigenvalue weighted by molar-refractivity contribution is 5.92. The fraction of sp³-hybridized carbons (Fsp3) is 0.167. The lowest BCUT2D eigenvalue weighted by Gasteiger charge is -2.01. The van der Waals surface area contributed by atoms with Crippen LogP contribution in [0.3, 0.4) is 0 Å². The van der Waals surface area contributed by atoms with Crippen molar-refractivity contribution in [3.63, 3.8) is 0 Å². The third-order valence-corrected chi connectivity index (χ3v) is 2.76. The van der Waals surface area contributed by atoms with E-state index in [2.05, 4.69) is 22.5 Å². The molecular weight excluding hydrogens is 216 g/mol. The summed E-state index contributed by atoms with van der Waals surface area (Å²) in [6.45, 7) is 4.09. The summed E-state index contributed by atoms with van der Waals surface area (Å²) < 4.78 is 0. The fourth-order valence-corrected chi connectivity index (χ4v) is 1.56. The Morgan fingerprint density at radius 1 is 1.29 bits per heavy atom. The van der Waals surface area contributed by atoms with Crippen LogP contribution in [0, 0.1) is 13.8 Å². The number of H-pyrrole nitrogens is 1. The molecule has 1 heterocycles. The van der Waals surface area contributed by atoms with Crippen molar-refractivity contribution >= 4 is 5.91 Å². The van der Waals surface area contributed by atoms with Gasteiger partial charge in [0.2, 0.25) is 0 Å². The molecular formula is C12H14N4O. The normalized spacial score (nSPS) is 10.3. The van der Waals surface area contributed by atoms with Gasteiger partial charge in [-0.05, 0) is 37.1 Å². The number of nitrogens with two attached hydrogens (primary N) is 1. The molecule has 5 heteroatoms. The predicted molar refractivity (Wildman–Crippen MR) is 65.2 cm³/mol. The first-order chi connectivity index (χ1) is 8.11. The number of aromatic amines is 1. The van der Waals surface area contributed by atoms with Gasteiger partial charge in [-0.15, -0.1) is 0 Å². The van der Waals surface area contributed by atoms with Gasteiger partial charge in [-0.3, -0.25) is 15.3 Å². The smallest absolute Gasteiger partial charge is 0.283 e. The molecule has 2 aromatic rings. The second kappa shape index (κ2) is 4.39. The third kappa shape index (κ3) is 2.19. The molecule has 0 bridgehead atoms. The number of aryl methyl sites for hydroxylation is 2. The number of carbonyl (C=O) groups is 1. The topological polar surface area (TPSA) is 83.8 Å². The van der Waals surface area contributed by atoms with Gasteiger partial charge in [-0.1, -0.05) is 12.1 Å². The van der Waals surface area contributed by atoms with Crippen LogP contribution in [0.5, 0.6) is 0 Å². The summed E-state index contributed by atoms with van der Waals surface area (Å²) in [6.07, 6.45) is 0. The van der Waals surface area contributed by atoms with E-state index in [1.807, 2.05) is 25.1 Å². The van der Waals surface area contributed by atoms with Crippen LogP contribution in [-0.2, 0) is 0 Å². The van der Waals surface area contributed by atoms with Gasteiger partial charge in [0.1, 0.15) is 5.69 Å². The maximum atomic E-state index is 11.3. The number of nitrogen functional groups attached to an aromatic ring is 1. The van der Waals surface area contributed by atoms with Crippen LogP contribution in [0.25, 0.3) is 11.3 Å². The molecule has 0 saturated heterocycles. The number of amides is 1. The molecule has 5 nitrogen and oxygen atoms in total. The van der Waals surface area contributed by atoms with Gasteiger partial charge in [0.05, 0.1) is 5.69 Å². The highest BCUT2D eigenvalue weighted by atomic mass is 16.2. The lowest BCUT2D eigenvalue weighted by Crippen LogP contribution is -2.30. The van der Waals surface area contributed by atoms with Crippen LogP contribution in [-0.4, -0.2) is 16.1 Å². The average Bonchev–Trinajstić information content (AvgIpc) is 2.81. The molecule has 17 heavy (non-hydrogen) atoms. The molecule has 88 valence electrons. The molecule has 4 N–H and O–H groups in total. The molecule has 0 fully saturated rings. The number of carbonyl (C=O) groups excluding carboxylic acids is 1. The van der Waals surface area contributed by atoms with Crippen LogP contribution in [0.1, 0.15) is 21.6 Å². The SMILES string of the molecule is Cc1ccc(-c2cc(C(=O)NN)[nH]n2)cc1C. The van der Waals surface area contributed by atoms with E-state index in [-0.39, 0.29) is 5.91 Å². The van der Waals surface area contributed by atoms with Crippen LogP contribution >= 0.6 is 0 Å². The minimum atomic E-state index is -0.382. The summed E-state index contributed by atoms with van der Waals surface area (Å²) in [6, 6.07) is 7.71. The number of hydrogen-bond donors (Lipinski definition) is 3. The van der Waals surface area contributed by atoms with Gasteiger partial charge in [0.25, 0.3) is 5.91 Å². The first kappa shape index (κ1) is 11.3. The minimum absolute atomic E-state index is 0.348. The number of nitrogens with one attached hydrogen (secondary N) is 2. The Kier molecular flexibility index (Phi) is 2.93. The molecule has 0 spiro atoms. The van der Waals surface area contributed by atoms with Crippen LogP contribution in [0.4, 0.5) is 0 Å². The zero-order valence-corrected chi connectivity index (χ0v) is 9.74. The number of hydrazine groups is 1. The van der Waals surface area contributed by atoms with Crippen LogP contribution in [0.15, 0.2) is 24.3 Å². The Hall–Kier alpha value is -2.14. The molecule has 0 radical (unpaired) electrons. The van der Waals surface area contributed by atoms with Gasteiger partial charge in [-0.2, -0.15) is 5.10 Å². The highest BCUT2D eigenvalue weighted by Crippen LogP contribution is 2.20. The molecule has 0 unspecified atom stereocenters. The van der Waals surface area contributed by atoms with Gasteiger partial charge < -0.3 is 0 Å². The Morgan fingerprint density at radius 3 is 2.71 bits per heavy atom. The molecule has 0 aliphatic rings. The molecule has 2 rings (SSSR count). The van der Waals surface area contributed by atoms with Crippen molar-refractivity contribution in [3.8, 4) is 11.3 Å². The summed E-state index contributed by atoms with van der Waals surface area (Å²) in [7, 11) is 0. The van der Waals surface area contributed by atoms with Crippen molar-refractivity contribution in [2.75, 3.05) is 0 Å². The summed E-state index contributed by atoms with van der Waals surface area (Å²) in [5, 5.41) is 6.73. The molecule has 0 aliphatic carbocycles. The molecule has 0 saturated carbocycles. The summed E-state index contributed by atoms with van der Waals surface area (Å²) >= 11 is 0. The van der Waals surface area contributed by atoms with Crippen molar-refractivity contribution in [2.24, 2.45) is 5.84 Å². The first-order valence-electron chi connectivity index (χ1n) is 5.26. The van der Waals surface area contributed by atoms with Gasteiger partial charge in [-0.25, -0.2) is 5.84 Å². The van der Waals surface area contributed by atoms with E-state index in [0.29, 0.717) is 5.69 Å². The van der Waals surface area contributed by atoms with Crippen molar-refractivity contribution in [3.05, 3.63) is 41.1 Å². The van der Waals surface area contributed by atoms with Gasteiger partial charge in [0.15, 0.2) is 0 Å². The van der Waals surface area contributed by atoms with E-state index >= 15 is 0 Å². The van der Waals surface area contributed by atoms with E-state index in [1.165, 1.54) is 11.1 Å². The standard InChI is InChI=1S/C12H14N4O/c1-7-3-4-9(5-8(7)2)10-6-11(16-15-10)12(17)14-13/h3-6H,13H2,1-2H3,(H,14,17)(H,15,16). The zero-order valence-electron chi connectivity index (χ0n) is 9.74. The Bertz CT molecular complexity index is 559. The predicted octanol–water partition coefficient (Wildman–Crippen LogP) is 1.30. The van der Waals surface area contributed by atoms with Crippen molar-refractivity contribution in [1.29, 1.82) is 0 Å². The summed E-state index contributed by atoms with van der Waals surface area (Å²) in [4.78, 5) is 11.3. The number of hydrogen-bond acceptors (Lipinski definition) is 3. The first-order valence-corrected chi connectivity index (χ1v) is 5.26. The number of aromatic nitrogens is 2. The maximum Gasteiger partial charge on any atom is 0.283 e. The van der Waals surface area contributed by atoms with Gasteiger partial charge in [0, 0.05) is 5.56 Å². The lowest BCUT2D eigenvalue weighted by molar-refractivity contribution is 0.0948.